The fourth-order valence-electron chi connectivity index (χ4n) is 1.74. The summed E-state index contributed by atoms with van der Waals surface area (Å²) in [5.74, 6) is -0.0414. The van der Waals surface area contributed by atoms with Crippen molar-refractivity contribution in [2.75, 3.05) is 18.1 Å². The van der Waals surface area contributed by atoms with Crippen molar-refractivity contribution in [1.29, 1.82) is 0 Å². The molecule has 0 spiro atoms. The zero-order valence-electron chi connectivity index (χ0n) is 10.6. The molecule has 1 aromatic heterocycles. The summed E-state index contributed by atoms with van der Waals surface area (Å²) in [6.45, 7) is 0.395. The molecule has 0 radical (unpaired) electrons. The molecule has 0 bridgehead atoms. The normalized spacial score (nSPS) is 12.3. The number of aromatic amines is 1. The van der Waals surface area contributed by atoms with E-state index in [1.54, 1.807) is 11.8 Å². The predicted molar refractivity (Wildman–Crippen MR) is 75.8 cm³/mol. The molecule has 1 unspecified atom stereocenters. The summed E-state index contributed by atoms with van der Waals surface area (Å²) in [6.07, 6.45) is 3.16. The second-order valence-electron chi connectivity index (χ2n) is 4.08. The number of nitrogens with one attached hydrogen (secondary N) is 2. The van der Waals surface area contributed by atoms with Gasteiger partial charge in [0.1, 0.15) is 5.76 Å². The van der Waals surface area contributed by atoms with E-state index in [4.69, 9.17) is 4.42 Å². The fourth-order valence-corrected chi connectivity index (χ4v) is 2.32. The van der Waals surface area contributed by atoms with Crippen LogP contribution in [0.1, 0.15) is 5.76 Å². The first-order valence-corrected chi connectivity index (χ1v) is 7.14. The first-order valence-electron chi connectivity index (χ1n) is 5.91. The van der Waals surface area contributed by atoms with E-state index in [0.717, 1.165) is 10.6 Å². The monoisotopic (exact) mass is 280 g/mol. The van der Waals surface area contributed by atoms with Crippen molar-refractivity contribution >= 4 is 17.4 Å². The molecule has 2 rings (SSSR count). The number of rotatable bonds is 6. The van der Waals surface area contributed by atoms with Gasteiger partial charge in [-0.2, -0.15) is 0 Å². The lowest BCUT2D eigenvalue weighted by Crippen LogP contribution is -2.22. The Morgan fingerprint density at radius 2 is 2.26 bits per heavy atom. The Morgan fingerprint density at radius 3 is 2.95 bits per heavy atom. The molecule has 1 atom stereocenters. The quantitative estimate of drug-likeness (QED) is 0.702. The van der Waals surface area contributed by atoms with E-state index in [0.29, 0.717) is 18.7 Å². The third-order valence-electron chi connectivity index (χ3n) is 2.65. The minimum Gasteiger partial charge on any atom is -0.413 e. The maximum absolute atomic E-state index is 10.8. The molecular formula is C13H16N2O3S. The SMILES string of the molecule is CSc1ccccc1NCC(O)Cc1c[nH]c(=O)o1. The lowest BCUT2D eigenvalue weighted by atomic mass is 10.2. The van der Waals surface area contributed by atoms with Crippen LogP contribution in [0.2, 0.25) is 0 Å². The number of oxazole rings is 1. The van der Waals surface area contributed by atoms with E-state index >= 15 is 0 Å². The molecule has 3 N–H and O–H groups in total. The molecule has 0 aliphatic heterocycles. The Hall–Kier alpha value is -1.66. The van der Waals surface area contributed by atoms with E-state index in [2.05, 4.69) is 10.3 Å². The summed E-state index contributed by atoms with van der Waals surface area (Å²) >= 11 is 1.65. The smallest absolute Gasteiger partial charge is 0.413 e. The molecule has 19 heavy (non-hydrogen) atoms. The number of aromatic nitrogens is 1. The minimum absolute atomic E-state index is 0.299. The van der Waals surface area contributed by atoms with E-state index < -0.39 is 11.9 Å². The molecular weight excluding hydrogens is 264 g/mol. The second kappa shape index (κ2) is 6.49. The summed E-state index contributed by atoms with van der Waals surface area (Å²) in [6, 6.07) is 7.90. The maximum Gasteiger partial charge on any atom is 0.416 e. The zero-order chi connectivity index (χ0) is 13.7. The van der Waals surface area contributed by atoms with Crippen LogP contribution in [0.4, 0.5) is 5.69 Å². The van der Waals surface area contributed by atoms with E-state index in [1.807, 2.05) is 30.5 Å². The third-order valence-corrected chi connectivity index (χ3v) is 3.44. The van der Waals surface area contributed by atoms with Gasteiger partial charge in [0.2, 0.25) is 0 Å². The van der Waals surface area contributed by atoms with Crippen molar-refractivity contribution in [2.24, 2.45) is 0 Å². The highest BCUT2D eigenvalue weighted by Crippen LogP contribution is 2.24. The molecule has 0 aliphatic rings. The van der Waals surface area contributed by atoms with Crippen LogP contribution in [0.5, 0.6) is 0 Å². The summed E-state index contributed by atoms with van der Waals surface area (Å²) in [4.78, 5) is 14.3. The van der Waals surface area contributed by atoms with Crippen molar-refractivity contribution in [3.8, 4) is 0 Å². The third kappa shape index (κ3) is 3.90. The highest BCUT2D eigenvalue weighted by atomic mass is 32.2. The van der Waals surface area contributed by atoms with Crippen LogP contribution in [0.15, 0.2) is 44.6 Å². The van der Waals surface area contributed by atoms with Crippen LogP contribution in [-0.2, 0) is 6.42 Å². The van der Waals surface area contributed by atoms with Crippen molar-refractivity contribution in [1.82, 2.24) is 4.98 Å². The number of benzene rings is 1. The highest BCUT2D eigenvalue weighted by Gasteiger charge is 2.09. The molecule has 0 saturated carbocycles. The molecule has 6 heteroatoms. The van der Waals surface area contributed by atoms with Crippen LogP contribution in [0, 0.1) is 0 Å². The average molecular weight is 280 g/mol. The molecule has 1 aromatic carbocycles. The number of hydrogen-bond acceptors (Lipinski definition) is 5. The van der Waals surface area contributed by atoms with Gasteiger partial charge in [-0.25, -0.2) is 4.79 Å². The molecule has 1 heterocycles. The van der Waals surface area contributed by atoms with Gasteiger partial charge in [0.15, 0.2) is 0 Å². The lowest BCUT2D eigenvalue weighted by molar-refractivity contribution is 0.179. The molecule has 0 fully saturated rings. The number of H-pyrrole nitrogens is 1. The fraction of sp³-hybridized carbons (Fsp3) is 0.308. The van der Waals surface area contributed by atoms with E-state index in [9.17, 15) is 9.90 Å². The lowest BCUT2D eigenvalue weighted by Gasteiger charge is -2.13. The topological polar surface area (TPSA) is 78.3 Å². The Bertz CT molecular complexity index is 579. The van der Waals surface area contributed by atoms with Crippen molar-refractivity contribution in [3.63, 3.8) is 0 Å². The van der Waals surface area contributed by atoms with Gasteiger partial charge >= 0.3 is 5.76 Å². The average Bonchev–Trinajstić information content (AvgIpc) is 2.82. The first-order chi connectivity index (χ1) is 9.19. The van der Waals surface area contributed by atoms with Gasteiger partial charge in [0.25, 0.3) is 0 Å². The van der Waals surface area contributed by atoms with Gasteiger partial charge in [0.05, 0.1) is 6.10 Å². The Kier molecular flexibility index (Phi) is 4.70. The van der Waals surface area contributed by atoms with Gasteiger partial charge in [-0.05, 0) is 18.4 Å². The van der Waals surface area contributed by atoms with Crippen LogP contribution < -0.4 is 11.1 Å². The maximum atomic E-state index is 10.8. The van der Waals surface area contributed by atoms with Crippen molar-refractivity contribution in [2.45, 2.75) is 17.4 Å². The van der Waals surface area contributed by atoms with Crippen LogP contribution in [0.3, 0.4) is 0 Å². The number of aliphatic hydroxyl groups is 1. The minimum atomic E-state index is -0.617. The number of thioether (sulfide) groups is 1. The number of aliphatic hydroxyl groups excluding tert-OH is 1. The molecule has 102 valence electrons. The Balaban J connectivity index is 1.89. The molecule has 5 nitrogen and oxygen atoms in total. The standard InChI is InChI=1S/C13H16N2O3S/c1-19-12-5-3-2-4-11(12)14-7-9(16)6-10-8-15-13(17)18-10/h2-5,8-9,14,16H,6-7H2,1H3,(H,15,17). The number of anilines is 1. The van der Waals surface area contributed by atoms with Crippen LogP contribution in [-0.4, -0.2) is 29.0 Å². The second-order valence-corrected chi connectivity index (χ2v) is 4.93. The van der Waals surface area contributed by atoms with Gasteiger partial charge in [0, 0.05) is 29.7 Å². The van der Waals surface area contributed by atoms with Crippen molar-refractivity contribution < 1.29 is 9.52 Å². The number of hydrogen-bond donors (Lipinski definition) is 3. The van der Waals surface area contributed by atoms with Gasteiger partial charge in [-0.3, -0.25) is 4.98 Å². The molecule has 2 aromatic rings. The zero-order valence-corrected chi connectivity index (χ0v) is 11.4. The molecule has 0 saturated heterocycles. The summed E-state index contributed by atoms with van der Waals surface area (Å²) in [5, 5.41) is 13.1. The van der Waals surface area contributed by atoms with Crippen molar-refractivity contribution in [3.05, 3.63) is 46.8 Å². The van der Waals surface area contributed by atoms with Crippen LogP contribution >= 0.6 is 11.8 Å². The van der Waals surface area contributed by atoms with Gasteiger partial charge < -0.3 is 14.8 Å². The molecule has 0 amide bonds. The Labute approximate surface area is 115 Å². The summed E-state index contributed by atoms with van der Waals surface area (Å²) in [7, 11) is 0. The van der Waals surface area contributed by atoms with Gasteiger partial charge in [-0.1, -0.05) is 12.1 Å². The molecule has 0 aliphatic carbocycles. The summed E-state index contributed by atoms with van der Waals surface area (Å²) in [5.41, 5.74) is 0.990. The van der Waals surface area contributed by atoms with Gasteiger partial charge in [-0.15, -0.1) is 11.8 Å². The van der Waals surface area contributed by atoms with Crippen LogP contribution in [0.25, 0.3) is 0 Å². The largest absolute Gasteiger partial charge is 0.416 e. The van der Waals surface area contributed by atoms with E-state index in [-0.39, 0.29) is 0 Å². The number of para-hydroxylation sites is 1. The highest BCUT2D eigenvalue weighted by molar-refractivity contribution is 7.98. The Morgan fingerprint density at radius 1 is 1.47 bits per heavy atom. The first kappa shape index (κ1) is 13.8. The summed E-state index contributed by atoms with van der Waals surface area (Å²) < 4.78 is 4.85. The predicted octanol–water partition coefficient (Wildman–Crippen LogP) is 1.71. The van der Waals surface area contributed by atoms with E-state index in [1.165, 1.54) is 6.20 Å².